The maximum atomic E-state index is 13.4. The fraction of sp³-hybridized carbons (Fsp3) is 0. The van der Waals surface area contributed by atoms with Gasteiger partial charge >= 0.3 is 0 Å². The number of benzene rings is 4. The molecule has 1 heterocycles. The van der Waals surface area contributed by atoms with Gasteiger partial charge in [0.2, 0.25) is 0 Å². The maximum Gasteiger partial charge on any atom is 0.264 e. The minimum atomic E-state index is -0.131. The van der Waals surface area contributed by atoms with Crippen molar-refractivity contribution in [1.82, 2.24) is 9.55 Å². The number of halogens is 1. The fourth-order valence-electron chi connectivity index (χ4n) is 3.56. The summed E-state index contributed by atoms with van der Waals surface area (Å²) < 4.78 is 1.66. The topological polar surface area (TPSA) is 34.9 Å². The molecule has 0 atom stereocenters. The molecule has 0 aliphatic carbocycles. The van der Waals surface area contributed by atoms with Crippen LogP contribution in [0.5, 0.6) is 0 Å². The van der Waals surface area contributed by atoms with Crippen molar-refractivity contribution in [2.24, 2.45) is 0 Å². The van der Waals surface area contributed by atoms with Crippen molar-refractivity contribution in [2.75, 3.05) is 0 Å². The van der Waals surface area contributed by atoms with Crippen molar-refractivity contribution >= 4 is 39.3 Å². The van der Waals surface area contributed by atoms with E-state index in [0.717, 1.165) is 21.9 Å². The Morgan fingerprint density at radius 2 is 1.57 bits per heavy atom. The van der Waals surface area contributed by atoms with Crippen molar-refractivity contribution in [3.8, 4) is 11.4 Å². The van der Waals surface area contributed by atoms with Crippen LogP contribution in [0.4, 0.5) is 0 Å². The maximum absolute atomic E-state index is 13.4. The monoisotopic (exact) mass is 382 g/mol. The van der Waals surface area contributed by atoms with Crippen LogP contribution >= 0.6 is 11.6 Å². The minimum Gasteiger partial charge on any atom is -0.268 e. The smallest absolute Gasteiger partial charge is 0.264 e. The molecule has 0 saturated carbocycles. The highest BCUT2D eigenvalue weighted by atomic mass is 35.5. The van der Waals surface area contributed by atoms with Crippen LogP contribution in [-0.2, 0) is 0 Å². The summed E-state index contributed by atoms with van der Waals surface area (Å²) >= 11 is 6.24. The average molecular weight is 383 g/mol. The summed E-state index contributed by atoms with van der Waals surface area (Å²) in [6, 6.07) is 28.8. The van der Waals surface area contributed by atoms with Gasteiger partial charge in [-0.3, -0.25) is 9.36 Å². The molecule has 5 aromatic rings. The summed E-state index contributed by atoms with van der Waals surface area (Å²) in [4.78, 5) is 18.2. The summed E-state index contributed by atoms with van der Waals surface area (Å²) in [5.74, 6) is 0.483. The molecule has 0 radical (unpaired) electrons. The van der Waals surface area contributed by atoms with Crippen LogP contribution in [0.2, 0.25) is 5.02 Å². The predicted octanol–water partition coefficient (Wildman–Crippen LogP) is 6.20. The lowest BCUT2D eigenvalue weighted by Crippen LogP contribution is -2.13. The Bertz CT molecular complexity index is 1330. The van der Waals surface area contributed by atoms with Gasteiger partial charge in [0.15, 0.2) is 0 Å². The highest BCUT2D eigenvalue weighted by Gasteiger charge is 2.21. The first-order chi connectivity index (χ1) is 13.7. The van der Waals surface area contributed by atoms with Crippen molar-refractivity contribution in [3.63, 3.8) is 0 Å². The van der Waals surface area contributed by atoms with Crippen molar-refractivity contribution in [3.05, 3.63) is 102 Å². The molecule has 3 nitrogen and oxygen atoms in total. The molecule has 0 bridgehead atoms. The Kier molecular flexibility index (Phi) is 3.96. The van der Waals surface area contributed by atoms with Crippen molar-refractivity contribution in [2.45, 2.75) is 0 Å². The molecule has 0 fully saturated rings. The second kappa shape index (κ2) is 6.63. The molecule has 0 amide bonds. The lowest BCUT2D eigenvalue weighted by molar-refractivity contribution is 0.0966. The van der Waals surface area contributed by atoms with Gasteiger partial charge in [-0.05, 0) is 41.1 Å². The molecule has 28 heavy (non-hydrogen) atoms. The zero-order valence-corrected chi connectivity index (χ0v) is 15.6. The average Bonchev–Trinajstić information content (AvgIpc) is 3.11. The van der Waals surface area contributed by atoms with Gasteiger partial charge in [-0.25, -0.2) is 4.98 Å². The molecular weight excluding hydrogens is 368 g/mol. The number of fused-ring (bicyclic) bond motifs is 2. The first-order valence-electron chi connectivity index (χ1n) is 8.98. The van der Waals surface area contributed by atoms with E-state index in [2.05, 4.69) is 12.1 Å². The molecule has 134 valence electrons. The van der Waals surface area contributed by atoms with E-state index in [1.807, 2.05) is 66.7 Å². The summed E-state index contributed by atoms with van der Waals surface area (Å²) in [6.07, 6.45) is 0. The van der Waals surface area contributed by atoms with E-state index >= 15 is 0 Å². The number of nitrogens with zero attached hydrogens (tertiary/aromatic N) is 2. The van der Waals surface area contributed by atoms with E-state index in [4.69, 9.17) is 16.6 Å². The van der Waals surface area contributed by atoms with Gasteiger partial charge in [0.05, 0.1) is 11.0 Å². The zero-order chi connectivity index (χ0) is 19.1. The molecular formula is C24H15ClN2O. The number of hydrogen-bond acceptors (Lipinski definition) is 2. The van der Waals surface area contributed by atoms with Crippen LogP contribution in [0, 0.1) is 0 Å². The molecule has 0 spiro atoms. The zero-order valence-electron chi connectivity index (χ0n) is 14.8. The van der Waals surface area contributed by atoms with E-state index in [-0.39, 0.29) is 5.91 Å². The van der Waals surface area contributed by atoms with Crippen LogP contribution in [0.3, 0.4) is 0 Å². The van der Waals surface area contributed by atoms with Gasteiger partial charge in [0, 0.05) is 16.1 Å². The predicted molar refractivity (Wildman–Crippen MR) is 114 cm³/mol. The largest absolute Gasteiger partial charge is 0.268 e. The first-order valence-corrected chi connectivity index (χ1v) is 9.36. The number of carbonyl (C=O) groups is 1. The molecule has 4 aromatic carbocycles. The lowest BCUT2D eigenvalue weighted by Gasteiger charge is -2.10. The summed E-state index contributed by atoms with van der Waals surface area (Å²) in [6.45, 7) is 0. The number of hydrogen-bond donors (Lipinski definition) is 0. The van der Waals surface area contributed by atoms with E-state index in [9.17, 15) is 4.79 Å². The quantitative estimate of drug-likeness (QED) is 0.364. The molecule has 0 N–H and O–H groups in total. The third-order valence-electron chi connectivity index (χ3n) is 4.87. The lowest BCUT2D eigenvalue weighted by atomic mass is 10.0. The van der Waals surface area contributed by atoms with Gasteiger partial charge in [-0.15, -0.1) is 0 Å². The molecule has 5 rings (SSSR count). The minimum absolute atomic E-state index is 0.131. The second-order valence-electron chi connectivity index (χ2n) is 6.60. The molecule has 1 aromatic heterocycles. The van der Waals surface area contributed by atoms with Crippen molar-refractivity contribution < 1.29 is 4.79 Å². The number of imidazole rings is 1. The van der Waals surface area contributed by atoms with E-state index in [1.165, 1.54) is 0 Å². The summed E-state index contributed by atoms with van der Waals surface area (Å²) in [5.41, 5.74) is 2.94. The van der Waals surface area contributed by atoms with E-state index in [0.29, 0.717) is 21.9 Å². The van der Waals surface area contributed by atoms with Gasteiger partial charge in [0.1, 0.15) is 5.82 Å². The van der Waals surface area contributed by atoms with Crippen LogP contribution < -0.4 is 0 Å². The first kappa shape index (κ1) is 16.7. The molecule has 4 heteroatoms. The number of rotatable bonds is 2. The van der Waals surface area contributed by atoms with E-state index in [1.54, 1.807) is 16.7 Å². The Hall–Kier alpha value is -3.43. The van der Waals surface area contributed by atoms with Crippen molar-refractivity contribution in [1.29, 1.82) is 0 Å². The molecule has 0 aliphatic rings. The van der Waals surface area contributed by atoms with Gasteiger partial charge in [0.25, 0.3) is 5.91 Å². The highest BCUT2D eigenvalue weighted by Crippen LogP contribution is 2.32. The summed E-state index contributed by atoms with van der Waals surface area (Å²) in [7, 11) is 0. The highest BCUT2D eigenvalue weighted by molar-refractivity contribution is 6.31. The van der Waals surface area contributed by atoms with Crippen LogP contribution in [-0.4, -0.2) is 15.5 Å². The van der Waals surface area contributed by atoms with Gasteiger partial charge in [-0.1, -0.05) is 72.3 Å². The SMILES string of the molecule is O=C(c1ccccc1)n1c(-c2cccc3ccccc23)nc2ccc(Cl)cc21. The van der Waals surface area contributed by atoms with Crippen LogP contribution in [0.15, 0.2) is 91.0 Å². The Labute approximate surface area is 166 Å². The number of carbonyl (C=O) groups excluding carboxylic acids is 1. The molecule has 0 aliphatic heterocycles. The van der Waals surface area contributed by atoms with Gasteiger partial charge < -0.3 is 0 Å². The standard InChI is InChI=1S/C24H15ClN2O/c25-18-13-14-21-22(15-18)27(24(28)17-8-2-1-3-9-17)23(26-21)20-12-6-10-16-7-4-5-11-19(16)20/h1-15H. The van der Waals surface area contributed by atoms with Crippen LogP contribution in [0.1, 0.15) is 10.4 Å². The van der Waals surface area contributed by atoms with Crippen LogP contribution in [0.25, 0.3) is 33.2 Å². The number of aromatic nitrogens is 2. The third-order valence-corrected chi connectivity index (χ3v) is 5.11. The Morgan fingerprint density at radius 1 is 0.821 bits per heavy atom. The van der Waals surface area contributed by atoms with Gasteiger partial charge in [-0.2, -0.15) is 0 Å². The third kappa shape index (κ3) is 2.68. The second-order valence-corrected chi connectivity index (χ2v) is 7.04. The fourth-order valence-corrected chi connectivity index (χ4v) is 3.73. The van der Waals surface area contributed by atoms with E-state index < -0.39 is 0 Å². The normalized spacial score (nSPS) is 11.2. The molecule has 0 saturated heterocycles. The summed E-state index contributed by atoms with van der Waals surface area (Å²) in [5, 5.41) is 2.72. The Balaban J connectivity index is 1.85. The Morgan fingerprint density at radius 3 is 2.43 bits per heavy atom. The molecule has 0 unspecified atom stereocenters.